The first kappa shape index (κ1) is 20.3. The Morgan fingerprint density at radius 2 is 1.87 bits per heavy atom. The van der Waals surface area contributed by atoms with E-state index in [0.717, 1.165) is 5.56 Å². The summed E-state index contributed by atoms with van der Waals surface area (Å²) in [6.45, 7) is 3.97. The molecule has 0 bridgehead atoms. The highest BCUT2D eigenvalue weighted by Crippen LogP contribution is 2.31. The number of benzene rings is 2. The molecule has 7 heteroatoms. The van der Waals surface area contributed by atoms with Gasteiger partial charge < -0.3 is 23.6 Å². The molecule has 2 heterocycles. The Morgan fingerprint density at radius 3 is 2.58 bits per heavy atom. The number of amides is 1. The molecule has 31 heavy (non-hydrogen) atoms. The average Bonchev–Trinajstić information content (AvgIpc) is 3.30. The maximum atomic E-state index is 13.1. The quantitative estimate of drug-likeness (QED) is 0.464. The van der Waals surface area contributed by atoms with Crippen molar-refractivity contribution in [1.82, 2.24) is 0 Å². The van der Waals surface area contributed by atoms with Crippen molar-refractivity contribution in [2.45, 2.75) is 13.8 Å². The molecule has 1 N–H and O–H groups in total. The molecule has 0 saturated carbocycles. The van der Waals surface area contributed by atoms with Gasteiger partial charge in [0.2, 0.25) is 16.9 Å². The smallest absolute Gasteiger partial charge is 0.262 e. The SMILES string of the molecule is CCOc1ccc(NC(=O)COc2c(-c3ccco3)oc3ccc(C)cc3c2=O)cc1. The monoisotopic (exact) mass is 419 g/mol. The highest BCUT2D eigenvalue weighted by molar-refractivity contribution is 5.92. The van der Waals surface area contributed by atoms with Crippen molar-refractivity contribution < 1.29 is 23.1 Å². The first-order valence-electron chi connectivity index (χ1n) is 9.82. The van der Waals surface area contributed by atoms with E-state index in [1.54, 1.807) is 48.5 Å². The van der Waals surface area contributed by atoms with Crippen molar-refractivity contribution in [3.8, 4) is 23.0 Å². The molecular weight excluding hydrogens is 398 g/mol. The number of anilines is 1. The molecule has 1 amide bonds. The molecule has 0 saturated heterocycles. The number of ether oxygens (including phenoxy) is 2. The molecule has 2 aromatic heterocycles. The number of fused-ring (bicyclic) bond motifs is 1. The molecule has 4 aromatic rings. The highest BCUT2D eigenvalue weighted by Gasteiger charge is 2.20. The lowest BCUT2D eigenvalue weighted by atomic mass is 10.1. The molecular formula is C24H21NO6. The largest absolute Gasteiger partial charge is 0.494 e. The van der Waals surface area contributed by atoms with Gasteiger partial charge in [0.05, 0.1) is 18.3 Å². The fourth-order valence-electron chi connectivity index (χ4n) is 3.13. The first-order valence-corrected chi connectivity index (χ1v) is 9.82. The van der Waals surface area contributed by atoms with E-state index in [4.69, 9.17) is 18.3 Å². The minimum atomic E-state index is -0.418. The lowest BCUT2D eigenvalue weighted by Crippen LogP contribution is -2.22. The zero-order valence-corrected chi connectivity index (χ0v) is 17.1. The van der Waals surface area contributed by atoms with Gasteiger partial charge in [0.1, 0.15) is 11.3 Å². The summed E-state index contributed by atoms with van der Waals surface area (Å²) in [7, 11) is 0. The van der Waals surface area contributed by atoms with Crippen molar-refractivity contribution in [2.75, 3.05) is 18.5 Å². The van der Waals surface area contributed by atoms with E-state index in [9.17, 15) is 9.59 Å². The van der Waals surface area contributed by atoms with Crippen LogP contribution >= 0.6 is 0 Å². The van der Waals surface area contributed by atoms with Crippen LogP contribution in [-0.2, 0) is 4.79 Å². The summed E-state index contributed by atoms with van der Waals surface area (Å²) in [5.74, 6) is 0.693. The van der Waals surface area contributed by atoms with Gasteiger partial charge in [0.25, 0.3) is 5.91 Å². The molecule has 0 atom stereocenters. The van der Waals surface area contributed by atoms with E-state index in [2.05, 4.69) is 5.32 Å². The van der Waals surface area contributed by atoms with E-state index < -0.39 is 5.91 Å². The van der Waals surface area contributed by atoms with Crippen molar-refractivity contribution in [1.29, 1.82) is 0 Å². The Labute approximate surface area is 178 Å². The fraction of sp³-hybridized carbons (Fsp3) is 0.167. The Balaban J connectivity index is 1.58. The second kappa shape index (κ2) is 8.79. The van der Waals surface area contributed by atoms with E-state index in [1.807, 2.05) is 19.9 Å². The van der Waals surface area contributed by atoms with E-state index in [-0.39, 0.29) is 23.5 Å². The van der Waals surface area contributed by atoms with Crippen LogP contribution < -0.4 is 20.2 Å². The van der Waals surface area contributed by atoms with Crippen LogP contribution in [0.2, 0.25) is 0 Å². The lowest BCUT2D eigenvalue weighted by molar-refractivity contribution is -0.118. The number of carbonyl (C=O) groups is 1. The topological polar surface area (TPSA) is 90.9 Å². The first-order chi connectivity index (χ1) is 15.0. The third-order valence-corrected chi connectivity index (χ3v) is 4.55. The number of aryl methyl sites for hydroxylation is 1. The summed E-state index contributed by atoms with van der Waals surface area (Å²) < 4.78 is 22.3. The molecule has 158 valence electrons. The number of rotatable bonds is 7. The van der Waals surface area contributed by atoms with Gasteiger partial charge in [-0.25, -0.2) is 0 Å². The predicted octanol–water partition coefficient (Wildman–Crippen LogP) is 4.78. The van der Waals surface area contributed by atoms with Crippen molar-refractivity contribution in [2.24, 2.45) is 0 Å². The zero-order chi connectivity index (χ0) is 21.8. The summed E-state index contributed by atoms with van der Waals surface area (Å²) in [4.78, 5) is 25.5. The van der Waals surface area contributed by atoms with Crippen LogP contribution in [0.5, 0.6) is 11.5 Å². The molecule has 0 fully saturated rings. The van der Waals surface area contributed by atoms with E-state index >= 15 is 0 Å². The molecule has 0 unspecified atom stereocenters. The third kappa shape index (κ3) is 4.45. The number of carbonyl (C=O) groups excluding carboxylic acids is 1. The second-order valence-electron chi connectivity index (χ2n) is 6.86. The second-order valence-corrected chi connectivity index (χ2v) is 6.86. The molecule has 0 aliphatic carbocycles. The van der Waals surface area contributed by atoms with Crippen LogP contribution in [0.1, 0.15) is 12.5 Å². The van der Waals surface area contributed by atoms with Crippen molar-refractivity contribution in [3.05, 3.63) is 76.6 Å². The summed E-state index contributed by atoms with van der Waals surface area (Å²) >= 11 is 0. The normalized spacial score (nSPS) is 10.8. The van der Waals surface area contributed by atoms with Crippen molar-refractivity contribution >= 4 is 22.6 Å². The highest BCUT2D eigenvalue weighted by atomic mass is 16.5. The van der Waals surface area contributed by atoms with Gasteiger partial charge in [-0.15, -0.1) is 0 Å². The van der Waals surface area contributed by atoms with E-state index in [1.165, 1.54) is 6.26 Å². The van der Waals surface area contributed by atoms with Crippen LogP contribution in [0.15, 0.2) is 74.5 Å². The van der Waals surface area contributed by atoms with Gasteiger partial charge >= 0.3 is 0 Å². The van der Waals surface area contributed by atoms with Crippen LogP contribution in [0, 0.1) is 6.92 Å². The number of hydrogen-bond acceptors (Lipinski definition) is 6. The molecule has 4 rings (SSSR count). The van der Waals surface area contributed by atoms with Gasteiger partial charge in [-0.05, 0) is 62.4 Å². The van der Waals surface area contributed by atoms with Crippen LogP contribution in [-0.4, -0.2) is 19.1 Å². The van der Waals surface area contributed by atoms with Gasteiger partial charge in [0.15, 0.2) is 12.4 Å². The zero-order valence-electron chi connectivity index (χ0n) is 17.1. The number of nitrogens with one attached hydrogen (secondary N) is 1. The minimum Gasteiger partial charge on any atom is -0.494 e. The Kier molecular flexibility index (Phi) is 5.75. The molecule has 0 aliphatic heterocycles. The van der Waals surface area contributed by atoms with Gasteiger partial charge in [-0.2, -0.15) is 0 Å². The van der Waals surface area contributed by atoms with Gasteiger partial charge in [-0.1, -0.05) is 11.6 Å². The third-order valence-electron chi connectivity index (χ3n) is 4.55. The molecule has 0 aliphatic rings. The van der Waals surface area contributed by atoms with E-state index in [0.29, 0.717) is 34.8 Å². The summed E-state index contributed by atoms with van der Waals surface area (Å²) in [6.07, 6.45) is 1.47. The number of hydrogen-bond donors (Lipinski definition) is 1. The Morgan fingerprint density at radius 1 is 1.06 bits per heavy atom. The van der Waals surface area contributed by atoms with Gasteiger partial charge in [0, 0.05) is 5.69 Å². The summed E-state index contributed by atoms with van der Waals surface area (Å²) in [5, 5.41) is 3.10. The standard InChI is InChI=1S/C24H21NO6/c1-3-28-17-9-7-16(8-10-17)25-21(26)14-30-24-22(27)18-13-15(2)6-11-19(18)31-23(24)20-5-4-12-29-20/h4-13H,3,14H2,1-2H3,(H,25,26). The Bertz CT molecular complexity index is 1260. The summed E-state index contributed by atoms with van der Waals surface area (Å²) in [5.41, 5.74) is 1.53. The fourth-order valence-corrected chi connectivity index (χ4v) is 3.13. The predicted molar refractivity (Wildman–Crippen MR) is 117 cm³/mol. The summed E-state index contributed by atoms with van der Waals surface area (Å²) in [6, 6.07) is 15.6. The van der Waals surface area contributed by atoms with Crippen LogP contribution in [0.25, 0.3) is 22.5 Å². The maximum Gasteiger partial charge on any atom is 0.262 e. The molecule has 0 spiro atoms. The Hall–Kier alpha value is -4.00. The molecule has 2 aromatic carbocycles. The van der Waals surface area contributed by atoms with Gasteiger partial charge in [-0.3, -0.25) is 9.59 Å². The lowest BCUT2D eigenvalue weighted by Gasteiger charge is -2.11. The maximum absolute atomic E-state index is 13.1. The number of furan rings is 1. The molecule has 7 nitrogen and oxygen atoms in total. The molecule has 0 radical (unpaired) electrons. The van der Waals surface area contributed by atoms with Crippen LogP contribution in [0.4, 0.5) is 5.69 Å². The van der Waals surface area contributed by atoms with Crippen molar-refractivity contribution in [3.63, 3.8) is 0 Å². The minimum absolute atomic E-state index is 0.0742. The average molecular weight is 419 g/mol. The van der Waals surface area contributed by atoms with Crippen LogP contribution in [0.3, 0.4) is 0 Å².